The van der Waals surface area contributed by atoms with Crippen LogP contribution < -0.4 is 9.47 Å². The Balaban J connectivity index is 1.30. The molecule has 0 unspecified atom stereocenters. The molecule has 0 radical (unpaired) electrons. The molecule has 0 atom stereocenters. The van der Waals surface area contributed by atoms with E-state index >= 15 is 0 Å². The number of ether oxygens (including phenoxy) is 2. The van der Waals surface area contributed by atoms with Gasteiger partial charge < -0.3 is 14.0 Å². The van der Waals surface area contributed by atoms with Crippen LogP contribution >= 0.6 is 11.6 Å². The fourth-order valence-electron chi connectivity index (χ4n) is 4.63. The lowest BCUT2D eigenvalue weighted by Gasteiger charge is -2.19. The van der Waals surface area contributed by atoms with Crippen LogP contribution in [0.1, 0.15) is 35.4 Å². The first-order valence-corrected chi connectivity index (χ1v) is 11.7. The molecule has 0 saturated heterocycles. The number of methoxy groups -OCH3 is 1. The predicted octanol–water partition coefficient (Wildman–Crippen LogP) is 5.35. The van der Waals surface area contributed by atoms with Crippen molar-refractivity contribution in [3.8, 4) is 17.4 Å². The molecule has 6 rings (SSSR count). The van der Waals surface area contributed by atoms with Crippen LogP contribution in [0.25, 0.3) is 16.6 Å². The Labute approximate surface area is 197 Å². The average Bonchev–Trinajstić information content (AvgIpc) is 3.62. The van der Waals surface area contributed by atoms with Gasteiger partial charge in [0.15, 0.2) is 0 Å². The minimum atomic E-state index is 0.378. The van der Waals surface area contributed by atoms with Crippen molar-refractivity contribution in [1.29, 1.82) is 0 Å². The highest BCUT2D eigenvalue weighted by atomic mass is 35.5. The smallest absolute Gasteiger partial charge is 0.316 e. The largest absolute Gasteiger partial charge is 0.490 e. The van der Waals surface area contributed by atoms with Gasteiger partial charge in [-0.3, -0.25) is 4.90 Å². The molecule has 7 heteroatoms. The first-order chi connectivity index (χ1) is 16.2. The van der Waals surface area contributed by atoms with E-state index in [9.17, 15) is 0 Å². The minimum Gasteiger partial charge on any atom is -0.490 e. The standard InChI is InChI=1S/C26H25ClN4O2/c1-32-26-28-13-17(14-29-26)15-30-8-9-33-25-21(16-30)11-22(12-23(25)27)31-7-6-20-10-19(18-2-3-18)4-5-24(20)31/h4-7,10-14,18H,2-3,8-9,15-16H2,1H3. The molecule has 1 aliphatic heterocycles. The van der Waals surface area contributed by atoms with Crippen LogP contribution in [-0.4, -0.2) is 39.7 Å². The maximum atomic E-state index is 6.71. The summed E-state index contributed by atoms with van der Waals surface area (Å²) in [6, 6.07) is 13.6. The van der Waals surface area contributed by atoms with Crippen molar-refractivity contribution >= 4 is 22.5 Å². The van der Waals surface area contributed by atoms with Gasteiger partial charge in [-0.2, -0.15) is 0 Å². The molecule has 0 amide bonds. The SMILES string of the molecule is COc1ncc(CN2CCOc3c(Cl)cc(-n4ccc5cc(C6CC6)ccc54)cc3C2)cn1. The lowest BCUT2D eigenvalue weighted by atomic mass is 10.1. The van der Waals surface area contributed by atoms with E-state index in [1.807, 2.05) is 18.5 Å². The van der Waals surface area contributed by atoms with Gasteiger partial charge in [0.2, 0.25) is 0 Å². The summed E-state index contributed by atoms with van der Waals surface area (Å²) in [6.07, 6.45) is 8.37. The number of benzene rings is 2. The van der Waals surface area contributed by atoms with E-state index in [0.29, 0.717) is 17.6 Å². The van der Waals surface area contributed by atoms with Crippen molar-refractivity contribution < 1.29 is 9.47 Å². The Morgan fingerprint density at radius 2 is 1.97 bits per heavy atom. The van der Waals surface area contributed by atoms with Gasteiger partial charge >= 0.3 is 6.01 Å². The highest BCUT2D eigenvalue weighted by molar-refractivity contribution is 6.32. The van der Waals surface area contributed by atoms with Crippen molar-refractivity contribution in [3.63, 3.8) is 0 Å². The summed E-state index contributed by atoms with van der Waals surface area (Å²) in [6.45, 7) is 2.84. The molecule has 1 saturated carbocycles. The number of hydrogen-bond donors (Lipinski definition) is 0. The van der Waals surface area contributed by atoms with Gasteiger partial charge in [0.05, 0.1) is 17.6 Å². The van der Waals surface area contributed by atoms with Crippen LogP contribution in [0.15, 0.2) is 55.0 Å². The predicted molar refractivity (Wildman–Crippen MR) is 128 cm³/mol. The van der Waals surface area contributed by atoms with E-state index < -0.39 is 0 Å². The van der Waals surface area contributed by atoms with E-state index in [2.05, 4.69) is 56.0 Å². The van der Waals surface area contributed by atoms with Crippen molar-refractivity contribution in [1.82, 2.24) is 19.4 Å². The lowest BCUT2D eigenvalue weighted by molar-refractivity contribution is 0.219. The molecule has 2 aromatic carbocycles. The third-order valence-corrected chi connectivity index (χ3v) is 6.75. The molecular weight excluding hydrogens is 436 g/mol. The second-order valence-corrected chi connectivity index (χ2v) is 9.24. The Morgan fingerprint density at radius 3 is 2.76 bits per heavy atom. The Bertz CT molecular complexity index is 1310. The van der Waals surface area contributed by atoms with Gasteiger partial charge in [-0.1, -0.05) is 17.7 Å². The monoisotopic (exact) mass is 460 g/mol. The topological polar surface area (TPSA) is 52.4 Å². The lowest BCUT2D eigenvalue weighted by Crippen LogP contribution is -2.25. The average molecular weight is 461 g/mol. The van der Waals surface area contributed by atoms with E-state index in [0.717, 1.165) is 48.1 Å². The van der Waals surface area contributed by atoms with Gasteiger partial charge in [0, 0.05) is 60.4 Å². The summed E-state index contributed by atoms with van der Waals surface area (Å²) in [7, 11) is 1.57. The molecule has 1 aliphatic carbocycles. The Hall–Kier alpha value is -3.09. The molecule has 2 aromatic heterocycles. The summed E-state index contributed by atoms with van der Waals surface area (Å²) in [4.78, 5) is 10.8. The zero-order valence-corrected chi connectivity index (χ0v) is 19.3. The van der Waals surface area contributed by atoms with Gasteiger partial charge in [-0.05, 0) is 54.7 Å². The van der Waals surface area contributed by atoms with Crippen molar-refractivity contribution in [2.45, 2.75) is 31.8 Å². The summed E-state index contributed by atoms with van der Waals surface area (Å²) in [5.41, 5.74) is 5.81. The number of aromatic nitrogens is 3. The maximum Gasteiger partial charge on any atom is 0.316 e. The molecule has 3 heterocycles. The van der Waals surface area contributed by atoms with Crippen molar-refractivity contribution in [2.75, 3.05) is 20.3 Å². The van der Waals surface area contributed by atoms with Crippen molar-refractivity contribution in [2.24, 2.45) is 0 Å². The summed E-state index contributed by atoms with van der Waals surface area (Å²) in [5.74, 6) is 1.53. The highest BCUT2D eigenvalue weighted by Crippen LogP contribution is 2.41. The molecule has 1 fully saturated rings. The molecule has 4 aromatic rings. The second kappa shape index (κ2) is 8.36. The Morgan fingerprint density at radius 1 is 1.12 bits per heavy atom. The molecule has 6 nitrogen and oxygen atoms in total. The van der Waals surface area contributed by atoms with Gasteiger partial charge in [-0.25, -0.2) is 9.97 Å². The first kappa shape index (κ1) is 20.5. The fourth-order valence-corrected chi connectivity index (χ4v) is 4.92. The third-order valence-electron chi connectivity index (χ3n) is 6.46. The van der Waals surface area contributed by atoms with E-state index in [-0.39, 0.29) is 0 Å². The minimum absolute atomic E-state index is 0.378. The van der Waals surface area contributed by atoms with Gasteiger partial charge in [0.25, 0.3) is 0 Å². The molecule has 0 N–H and O–H groups in total. The Kier molecular flexibility index (Phi) is 5.19. The van der Waals surface area contributed by atoms with Crippen LogP contribution in [0.3, 0.4) is 0 Å². The van der Waals surface area contributed by atoms with Crippen LogP contribution in [-0.2, 0) is 13.1 Å². The molecule has 33 heavy (non-hydrogen) atoms. The fraction of sp³-hybridized carbons (Fsp3) is 0.308. The zero-order chi connectivity index (χ0) is 22.4. The molecule has 0 bridgehead atoms. The van der Waals surface area contributed by atoms with Gasteiger partial charge in [0.1, 0.15) is 12.4 Å². The van der Waals surface area contributed by atoms with E-state index in [1.54, 1.807) is 7.11 Å². The highest BCUT2D eigenvalue weighted by Gasteiger charge is 2.24. The van der Waals surface area contributed by atoms with E-state index in [4.69, 9.17) is 21.1 Å². The third kappa shape index (κ3) is 4.05. The number of halogens is 1. The zero-order valence-electron chi connectivity index (χ0n) is 18.5. The molecular formula is C26H25ClN4O2. The van der Waals surface area contributed by atoms with Crippen LogP contribution in [0.4, 0.5) is 0 Å². The quantitative estimate of drug-likeness (QED) is 0.401. The summed E-state index contributed by atoms with van der Waals surface area (Å²) in [5, 5.41) is 1.91. The number of hydrogen-bond acceptors (Lipinski definition) is 5. The van der Waals surface area contributed by atoms with Crippen LogP contribution in [0.5, 0.6) is 11.8 Å². The maximum absolute atomic E-state index is 6.71. The van der Waals surface area contributed by atoms with Crippen molar-refractivity contribution in [3.05, 3.63) is 76.7 Å². The number of nitrogens with zero attached hydrogens (tertiary/aromatic N) is 4. The van der Waals surface area contributed by atoms with Gasteiger partial charge in [-0.15, -0.1) is 0 Å². The normalized spacial score (nSPS) is 16.3. The van der Waals surface area contributed by atoms with Crippen LogP contribution in [0.2, 0.25) is 5.02 Å². The second-order valence-electron chi connectivity index (χ2n) is 8.83. The summed E-state index contributed by atoms with van der Waals surface area (Å²) < 4.78 is 13.3. The summed E-state index contributed by atoms with van der Waals surface area (Å²) >= 11 is 6.71. The number of fused-ring (bicyclic) bond motifs is 2. The molecule has 0 spiro atoms. The van der Waals surface area contributed by atoms with Crippen LogP contribution in [0, 0.1) is 0 Å². The molecule has 168 valence electrons. The van der Waals surface area contributed by atoms with E-state index in [1.165, 1.54) is 29.3 Å². The molecule has 2 aliphatic rings. The number of rotatable bonds is 5. The first-order valence-electron chi connectivity index (χ1n) is 11.3.